The molecule has 1 aromatic carbocycles. The van der Waals surface area contributed by atoms with Gasteiger partial charge in [-0.25, -0.2) is 4.39 Å². The molecule has 0 spiro atoms. The molecular weight excluding hydrogens is 309 g/mol. The summed E-state index contributed by atoms with van der Waals surface area (Å²) in [6.45, 7) is 1.45. The van der Waals surface area contributed by atoms with Crippen molar-refractivity contribution >= 4 is 11.6 Å². The van der Waals surface area contributed by atoms with Crippen LogP contribution in [0.5, 0.6) is 0 Å². The van der Waals surface area contributed by atoms with Gasteiger partial charge in [0, 0.05) is 36.7 Å². The Hall–Kier alpha value is -2.31. The first-order chi connectivity index (χ1) is 11.5. The third-order valence-electron chi connectivity index (χ3n) is 4.36. The fraction of sp³-hybridized carbons (Fsp3) is 0.333. The van der Waals surface area contributed by atoms with E-state index in [0.29, 0.717) is 31.6 Å². The van der Waals surface area contributed by atoms with E-state index >= 15 is 0 Å². The molecule has 0 bridgehead atoms. The van der Waals surface area contributed by atoms with Crippen molar-refractivity contribution in [2.24, 2.45) is 0 Å². The van der Waals surface area contributed by atoms with Crippen LogP contribution in [0.3, 0.4) is 0 Å². The first-order valence-electron chi connectivity index (χ1n) is 7.96. The van der Waals surface area contributed by atoms with Gasteiger partial charge in [-0.05, 0) is 37.1 Å². The molecule has 5 nitrogen and oxygen atoms in total. The maximum Gasteiger partial charge on any atom is 0.238 e. The highest BCUT2D eigenvalue weighted by molar-refractivity contribution is 5.92. The molecule has 1 amide bonds. The van der Waals surface area contributed by atoms with E-state index in [4.69, 9.17) is 0 Å². The molecule has 0 unspecified atom stereocenters. The second kappa shape index (κ2) is 7.07. The van der Waals surface area contributed by atoms with Crippen LogP contribution in [0.2, 0.25) is 0 Å². The van der Waals surface area contributed by atoms with Crippen LogP contribution in [-0.2, 0) is 10.4 Å². The first kappa shape index (κ1) is 16.5. The number of aromatic nitrogens is 1. The molecule has 1 aliphatic rings. The molecule has 2 heterocycles. The van der Waals surface area contributed by atoms with Gasteiger partial charge < -0.3 is 10.4 Å². The molecule has 3 rings (SSSR count). The Labute approximate surface area is 140 Å². The zero-order chi connectivity index (χ0) is 17.0. The number of benzene rings is 1. The van der Waals surface area contributed by atoms with Crippen molar-refractivity contribution in [3.63, 3.8) is 0 Å². The third kappa shape index (κ3) is 3.96. The van der Waals surface area contributed by atoms with Gasteiger partial charge >= 0.3 is 0 Å². The lowest BCUT2D eigenvalue weighted by Crippen LogP contribution is -2.45. The zero-order valence-electron chi connectivity index (χ0n) is 13.3. The molecule has 0 saturated carbocycles. The van der Waals surface area contributed by atoms with Gasteiger partial charge in [-0.3, -0.25) is 14.7 Å². The van der Waals surface area contributed by atoms with Crippen LogP contribution < -0.4 is 5.32 Å². The molecule has 0 aliphatic carbocycles. The van der Waals surface area contributed by atoms with Gasteiger partial charge in [0.25, 0.3) is 0 Å². The SMILES string of the molecule is O=C(CN1CCC(O)(c2cccnc2)CC1)Nc1cccc(F)c1. The van der Waals surface area contributed by atoms with E-state index in [9.17, 15) is 14.3 Å². The van der Waals surface area contributed by atoms with Crippen molar-refractivity contribution in [1.29, 1.82) is 0 Å². The number of pyridine rings is 1. The number of aliphatic hydroxyl groups is 1. The van der Waals surface area contributed by atoms with Crippen LogP contribution in [0.15, 0.2) is 48.8 Å². The Morgan fingerprint density at radius 2 is 2.08 bits per heavy atom. The Bertz CT molecular complexity index is 700. The van der Waals surface area contributed by atoms with Gasteiger partial charge in [0.2, 0.25) is 5.91 Å². The Balaban J connectivity index is 1.53. The van der Waals surface area contributed by atoms with E-state index in [1.54, 1.807) is 24.5 Å². The second-order valence-electron chi connectivity index (χ2n) is 6.11. The lowest BCUT2D eigenvalue weighted by molar-refractivity contribution is -0.118. The van der Waals surface area contributed by atoms with E-state index in [0.717, 1.165) is 5.56 Å². The van der Waals surface area contributed by atoms with Gasteiger partial charge in [0.15, 0.2) is 0 Å². The second-order valence-corrected chi connectivity index (χ2v) is 6.11. The van der Waals surface area contributed by atoms with E-state index < -0.39 is 5.60 Å². The van der Waals surface area contributed by atoms with E-state index in [1.165, 1.54) is 12.1 Å². The standard InChI is InChI=1S/C18H20FN3O2/c19-15-4-1-5-16(11-15)21-17(23)13-22-9-6-18(24,7-10-22)14-3-2-8-20-12-14/h1-5,8,11-12,24H,6-7,9-10,13H2,(H,21,23). The monoisotopic (exact) mass is 329 g/mol. The predicted molar refractivity (Wildman–Crippen MR) is 88.8 cm³/mol. The fourth-order valence-corrected chi connectivity index (χ4v) is 2.98. The lowest BCUT2D eigenvalue weighted by atomic mass is 9.85. The van der Waals surface area contributed by atoms with Crippen molar-refractivity contribution in [2.75, 3.05) is 25.0 Å². The van der Waals surface area contributed by atoms with E-state index in [2.05, 4.69) is 10.3 Å². The summed E-state index contributed by atoms with van der Waals surface area (Å²) in [5.74, 6) is -0.570. The minimum atomic E-state index is -0.885. The highest BCUT2D eigenvalue weighted by atomic mass is 19.1. The molecule has 2 aromatic rings. The molecule has 126 valence electrons. The first-order valence-corrected chi connectivity index (χ1v) is 7.96. The Morgan fingerprint density at radius 3 is 2.75 bits per heavy atom. The number of amides is 1. The van der Waals surface area contributed by atoms with Gasteiger partial charge in [-0.15, -0.1) is 0 Å². The normalized spacial score (nSPS) is 17.4. The molecule has 1 fully saturated rings. The fourth-order valence-electron chi connectivity index (χ4n) is 2.98. The molecule has 24 heavy (non-hydrogen) atoms. The van der Waals surface area contributed by atoms with Crippen LogP contribution in [0.1, 0.15) is 18.4 Å². The van der Waals surface area contributed by atoms with Crippen LogP contribution in [0.25, 0.3) is 0 Å². The summed E-state index contributed by atoms with van der Waals surface area (Å²) in [5.41, 5.74) is 0.377. The van der Waals surface area contributed by atoms with Gasteiger partial charge in [-0.2, -0.15) is 0 Å². The summed E-state index contributed by atoms with van der Waals surface area (Å²) in [7, 11) is 0. The average Bonchev–Trinajstić information content (AvgIpc) is 2.58. The molecule has 1 aliphatic heterocycles. The highest BCUT2D eigenvalue weighted by Gasteiger charge is 2.34. The number of nitrogens with zero attached hydrogens (tertiary/aromatic N) is 2. The summed E-state index contributed by atoms with van der Waals surface area (Å²) in [5, 5.41) is 13.4. The number of nitrogens with one attached hydrogen (secondary N) is 1. The average molecular weight is 329 g/mol. The number of halogens is 1. The largest absolute Gasteiger partial charge is 0.385 e. The molecule has 1 saturated heterocycles. The molecule has 1 aromatic heterocycles. The quantitative estimate of drug-likeness (QED) is 0.902. The van der Waals surface area contributed by atoms with Crippen molar-refractivity contribution in [1.82, 2.24) is 9.88 Å². The minimum Gasteiger partial charge on any atom is -0.385 e. The van der Waals surface area contributed by atoms with Gasteiger partial charge in [0.1, 0.15) is 5.82 Å². The zero-order valence-corrected chi connectivity index (χ0v) is 13.3. The maximum atomic E-state index is 13.1. The molecule has 0 radical (unpaired) electrons. The summed E-state index contributed by atoms with van der Waals surface area (Å²) < 4.78 is 13.1. The predicted octanol–water partition coefficient (Wildman–Crippen LogP) is 2.14. The van der Waals surface area contributed by atoms with Crippen molar-refractivity contribution < 1.29 is 14.3 Å². The van der Waals surface area contributed by atoms with Crippen molar-refractivity contribution in [3.8, 4) is 0 Å². The third-order valence-corrected chi connectivity index (χ3v) is 4.36. The van der Waals surface area contributed by atoms with Crippen LogP contribution in [-0.4, -0.2) is 40.5 Å². The topological polar surface area (TPSA) is 65.5 Å². The Kier molecular flexibility index (Phi) is 4.87. The number of piperidine rings is 1. The van der Waals surface area contributed by atoms with Crippen LogP contribution in [0, 0.1) is 5.82 Å². The smallest absolute Gasteiger partial charge is 0.238 e. The van der Waals surface area contributed by atoms with E-state index in [-0.39, 0.29) is 18.3 Å². The molecule has 2 N–H and O–H groups in total. The summed E-state index contributed by atoms with van der Waals surface area (Å²) in [6, 6.07) is 9.51. The van der Waals surface area contributed by atoms with Crippen molar-refractivity contribution in [2.45, 2.75) is 18.4 Å². The van der Waals surface area contributed by atoms with E-state index in [1.807, 2.05) is 17.0 Å². The lowest BCUT2D eigenvalue weighted by Gasteiger charge is -2.38. The van der Waals surface area contributed by atoms with Crippen LogP contribution in [0.4, 0.5) is 10.1 Å². The maximum absolute atomic E-state index is 13.1. The number of rotatable bonds is 4. The molecule has 6 heteroatoms. The summed E-state index contributed by atoms with van der Waals surface area (Å²) in [4.78, 5) is 18.1. The highest BCUT2D eigenvalue weighted by Crippen LogP contribution is 2.32. The Morgan fingerprint density at radius 1 is 1.29 bits per heavy atom. The number of carbonyl (C=O) groups excluding carboxylic acids is 1. The van der Waals surface area contributed by atoms with Gasteiger partial charge in [0.05, 0.1) is 12.1 Å². The van der Waals surface area contributed by atoms with Crippen molar-refractivity contribution in [3.05, 3.63) is 60.2 Å². The molecule has 0 atom stereocenters. The molecular formula is C18H20FN3O2. The summed E-state index contributed by atoms with van der Waals surface area (Å²) >= 11 is 0. The number of carbonyl (C=O) groups is 1. The number of hydrogen-bond donors (Lipinski definition) is 2. The number of anilines is 1. The number of likely N-dealkylation sites (tertiary alicyclic amines) is 1. The number of hydrogen-bond acceptors (Lipinski definition) is 4. The minimum absolute atomic E-state index is 0.188. The summed E-state index contributed by atoms with van der Waals surface area (Å²) in [6.07, 6.45) is 4.46. The van der Waals surface area contributed by atoms with Gasteiger partial charge in [-0.1, -0.05) is 12.1 Å². The van der Waals surface area contributed by atoms with Crippen LogP contribution >= 0.6 is 0 Å².